The minimum Gasteiger partial charge on any atom is -0.342 e. The van der Waals surface area contributed by atoms with Gasteiger partial charge in [-0.1, -0.05) is 74.5 Å². The van der Waals surface area contributed by atoms with Crippen LogP contribution in [0.3, 0.4) is 0 Å². The number of fused-ring (bicyclic) bond motifs is 1. The smallest absolute Gasteiger partial charge is 0.261 e. The van der Waals surface area contributed by atoms with E-state index in [1.54, 1.807) is 36.4 Å². The van der Waals surface area contributed by atoms with Crippen molar-refractivity contribution >= 4 is 49.9 Å². The summed E-state index contributed by atoms with van der Waals surface area (Å²) in [6.45, 7) is 4.87. The van der Waals surface area contributed by atoms with Gasteiger partial charge in [0, 0.05) is 36.9 Å². The first-order chi connectivity index (χ1) is 21.2. The number of hydrogen-bond donors (Lipinski definition) is 1. The second-order valence-corrected chi connectivity index (χ2v) is 14.5. The van der Waals surface area contributed by atoms with Gasteiger partial charge in [-0.25, -0.2) is 8.42 Å². The summed E-state index contributed by atoms with van der Waals surface area (Å²) in [7, 11) is -3.83. The Labute approximate surface area is 267 Å². The Morgan fingerprint density at radius 2 is 1.32 bits per heavy atom. The van der Waals surface area contributed by atoms with Gasteiger partial charge in [-0.15, -0.1) is 0 Å². The standard InChI is InChI=1S/C35H44ClN3O4S/c1-26(14-18-31(34(40)38-20-8-2-3-9-21-38)35(41)39-22-10-4-5-11-23-39)32-25-29(16-19-33(32)36)37-44(42,43)30-17-15-27-12-6-7-13-28(27)24-30/h6-7,12-13,15-17,19,24-26,31,37H,2-5,8-11,14,18,20-23H2,1H3. The molecule has 0 radical (unpaired) electrons. The van der Waals surface area contributed by atoms with E-state index in [-0.39, 0.29) is 22.6 Å². The summed E-state index contributed by atoms with van der Waals surface area (Å²) in [5.74, 6) is -0.890. The van der Waals surface area contributed by atoms with Gasteiger partial charge in [-0.05, 0) is 91.1 Å². The Bertz CT molecular complexity index is 1530. The Morgan fingerprint density at radius 1 is 0.750 bits per heavy atom. The van der Waals surface area contributed by atoms with E-state index in [9.17, 15) is 18.0 Å². The first-order valence-electron chi connectivity index (χ1n) is 16.1. The molecule has 0 aromatic heterocycles. The number of carbonyl (C=O) groups excluding carboxylic acids is 2. The Kier molecular flexibility index (Phi) is 10.9. The highest BCUT2D eigenvalue weighted by molar-refractivity contribution is 7.92. The number of anilines is 1. The second kappa shape index (κ2) is 14.8. The number of amides is 2. The zero-order chi connectivity index (χ0) is 31.1. The molecule has 44 heavy (non-hydrogen) atoms. The average molecular weight is 638 g/mol. The number of sulfonamides is 1. The minimum absolute atomic E-state index is 0.0451. The van der Waals surface area contributed by atoms with Gasteiger partial charge in [0.15, 0.2) is 0 Å². The maximum atomic E-state index is 13.8. The maximum absolute atomic E-state index is 13.8. The van der Waals surface area contributed by atoms with Crippen molar-refractivity contribution in [1.82, 2.24) is 9.80 Å². The van der Waals surface area contributed by atoms with E-state index in [2.05, 4.69) is 4.72 Å². The van der Waals surface area contributed by atoms with Gasteiger partial charge < -0.3 is 9.80 Å². The molecule has 1 N–H and O–H groups in total. The summed E-state index contributed by atoms with van der Waals surface area (Å²) in [6, 6.07) is 17.8. The zero-order valence-electron chi connectivity index (χ0n) is 25.6. The second-order valence-electron chi connectivity index (χ2n) is 12.4. The molecule has 2 aliphatic heterocycles. The van der Waals surface area contributed by atoms with Crippen molar-refractivity contribution in [3.63, 3.8) is 0 Å². The molecule has 0 aliphatic carbocycles. The van der Waals surface area contributed by atoms with Crippen LogP contribution in [0.1, 0.15) is 82.6 Å². The van der Waals surface area contributed by atoms with Gasteiger partial charge in [-0.3, -0.25) is 14.3 Å². The number of benzene rings is 3. The van der Waals surface area contributed by atoms with Crippen LogP contribution < -0.4 is 4.72 Å². The third kappa shape index (κ3) is 7.94. The van der Waals surface area contributed by atoms with Crippen LogP contribution in [0.2, 0.25) is 5.02 Å². The molecule has 0 bridgehead atoms. The fourth-order valence-corrected chi connectivity index (χ4v) is 7.87. The molecule has 0 spiro atoms. The molecule has 2 heterocycles. The summed E-state index contributed by atoms with van der Waals surface area (Å²) in [4.78, 5) is 31.7. The monoisotopic (exact) mass is 637 g/mol. The van der Waals surface area contributed by atoms with E-state index in [1.807, 2.05) is 41.0 Å². The first-order valence-corrected chi connectivity index (χ1v) is 18.0. The van der Waals surface area contributed by atoms with Gasteiger partial charge in [0.05, 0.1) is 4.90 Å². The third-order valence-corrected chi connectivity index (χ3v) is 10.9. The largest absolute Gasteiger partial charge is 0.342 e. The maximum Gasteiger partial charge on any atom is 0.261 e. The third-order valence-electron chi connectivity index (χ3n) is 9.13. The highest BCUT2D eigenvalue weighted by Gasteiger charge is 2.34. The number of nitrogens with zero attached hydrogens (tertiary/aromatic N) is 2. The number of halogens is 1. The molecule has 0 saturated carbocycles. The molecule has 3 aromatic rings. The summed E-state index contributed by atoms with van der Waals surface area (Å²) < 4.78 is 29.3. The van der Waals surface area contributed by atoms with Crippen molar-refractivity contribution in [2.75, 3.05) is 30.9 Å². The lowest BCUT2D eigenvalue weighted by molar-refractivity contribution is -0.147. The predicted octanol–water partition coefficient (Wildman–Crippen LogP) is 7.60. The van der Waals surface area contributed by atoms with Gasteiger partial charge in [0.1, 0.15) is 5.92 Å². The highest BCUT2D eigenvalue weighted by Crippen LogP contribution is 2.33. The summed E-state index contributed by atoms with van der Waals surface area (Å²) >= 11 is 6.64. The van der Waals surface area contributed by atoms with E-state index in [0.717, 1.165) is 67.7 Å². The lowest BCUT2D eigenvalue weighted by atomic mass is 9.90. The Hall–Kier alpha value is -3.10. The molecule has 9 heteroatoms. The van der Waals surface area contributed by atoms with E-state index < -0.39 is 15.9 Å². The molecular formula is C35H44ClN3O4S. The van der Waals surface area contributed by atoms with Crippen LogP contribution in [-0.2, 0) is 19.6 Å². The molecule has 2 saturated heterocycles. The van der Waals surface area contributed by atoms with E-state index in [0.29, 0.717) is 49.7 Å². The predicted molar refractivity (Wildman–Crippen MR) is 177 cm³/mol. The molecule has 1 unspecified atom stereocenters. The Morgan fingerprint density at radius 3 is 1.91 bits per heavy atom. The quantitative estimate of drug-likeness (QED) is 0.245. The normalized spacial score (nSPS) is 17.2. The molecule has 7 nitrogen and oxygen atoms in total. The summed E-state index contributed by atoms with van der Waals surface area (Å²) in [6.07, 6.45) is 9.37. The van der Waals surface area contributed by atoms with Crippen LogP contribution in [0, 0.1) is 5.92 Å². The molecule has 1 atom stereocenters. The molecule has 3 aromatic carbocycles. The van der Waals surface area contributed by atoms with Gasteiger partial charge in [-0.2, -0.15) is 0 Å². The number of rotatable bonds is 9. The highest BCUT2D eigenvalue weighted by atomic mass is 35.5. The number of carbonyl (C=O) groups is 2. The van der Waals surface area contributed by atoms with Crippen LogP contribution >= 0.6 is 11.6 Å². The minimum atomic E-state index is -3.83. The molecular weight excluding hydrogens is 594 g/mol. The van der Waals surface area contributed by atoms with Crippen molar-refractivity contribution in [1.29, 1.82) is 0 Å². The first kappa shape index (κ1) is 32.3. The van der Waals surface area contributed by atoms with Crippen molar-refractivity contribution in [2.45, 2.75) is 81.9 Å². The Balaban J connectivity index is 1.32. The lowest BCUT2D eigenvalue weighted by Gasteiger charge is -2.30. The van der Waals surface area contributed by atoms with Crippen molar-refractivity contribution in [3.05, 3.63) is 71.2 Å². The number of likely N-dealkylation sites (tertiary alicyclic amines) is 2. The molecule has 236 valence electrons. The van der Waals surface area contributed by atoms with Gasteiger partial charge in [0.2, 0.25) is 11.8 Å². The SMILES string of the molecule is CC(CCC(C(=O)N1CCCCCC1)C(=O)N1CCCCCC1)c1cc(NS(=O)(=O)c2ccc3ccccc3c2)ccc1Cl. The molecule has 2 aliphatic rings. The topological polar surface area (TPSA) is 86.8 Å². The van der Waals surface area contributed by atoms with Crippen molar-refractivity contribution < 1.29 is 18.0 Å². The van der Waals surface area contributed by atoms with E-state index >= 15 is 0 Å². The molecule has 5 rings (SSSR count). The van der Waals surface area contributed by atoms with Crippen LogP contribution in [0.25, 0.3) is 10.8 Å². The fourth-order valence-electron chi connectivity index (χ4n) is 6.48. The summed E-state index contributed by atoms with van der Waals surface area (Å²) in [5.41, 5.74) is 1.20. The molecule has 2 fully saturated rings. The van der Waals surface area contributed by atoms with E-state index in [1.165, 1.54) is 0 Å². The van der Waals surface area contributed by atoms with E-state index in [4.69, 9.17) is 11.6 Å². The zero-order valence-corrected chi connectivity index (χ0v) is 27.2. The van der Waals surface area contributed by atoms with Crippen LogP contribution in [0.5, 0.6) is 0 Å². The van der Waals surface area contributed by atoms with Crippen LogP contribution in [0.4, 0.5) is 5.69 Å². The fraction of sp³-hybridized carbons (Fsp3) is 0.486. The summed E-state index contributed by atoms with van der Waals surface area (Å²) in [5, 5.41) is 2.34. The van der Waals surface area contributed by atoms with Crippen molar-refractivity contribution in [3.8, 4) is 0 Å². The number of hydrogen-bond acceptors (Lipinski definition) is 4. The van der Waals surface area contributed by atoms with Crippen LogP contribution in [0.15, 0.2) is 65.6 Å². The van der Waals surface area contributed by atoms with Gasteiger partial charge >= 0.3 is 0 Å². The lowest BCUT2D eigenvalue weighted by Crippen LogP contribution is -2.46. The average Bonchev–Trinajstić information content (AvgIpc) is 3.48. The van der Waals surface area contributed by atoms with Crippen molar-refractivity contribution in [2.24, 2.45) is 5.92 Å². The van der Waals surface area contributed by atoms with Gasteiger partial charge in [0.25, 0.3) is 10.0 Å². The molecule has 2 amide bonds. The van der Waals surface area contributed by atoms with Crippen LogP contribution in [-0.4, -0.2) is 56.2 Å². The number of nitrogens with one attached hydrogen (secondary N) is 1.